The molecule has 0 aliphatic carbocycles. The highest BCUT2D eigenvalue weighted by atomic mass is 32.2. The fourth-order valence-corrected chi connectivity index (χ4v) is 2.92. The van der Waals surface area contributed by atoms with E-state index < -0.39 is 90.2 Å². The van der Waals surface area contributed by atoms with Crippen LogP contribution in [0, 0.1) is 0 Å². The van der Waals surface area contributed by atoms with E-state index in [1.54, 1.807) is 0 Å². The Bertz CT molecular complexity index is 1100. The largest absolute Gasteiger partial charge is 0.460 e. The van der Waals surface area contributed by atoms with Gasteiger partial charge in [0.05, 0.1) is 0 Å². The Hall–Kier alpha value is -1.78. The lowest BCUT2D eigenvalue weighted by Crippen LogP contribution is -2.76. The number of alkyl halides is 23. The normalized spacial score (nSPS) is 16.8. The summed E-state index contributed by atoms with van der Waals surface area (Å²) in [6.45, 7) is 0. The molecule has 0 bridgehead atoms. The molecule has 0 heterocycles. The van der Waals surface area contributed by atoms with E-state index in [1.165, 1.54) is 0 Å². The number of rotatable bonds is 13. The van der Waals surface area contributed by atoms with Crippen LogP contribution in [0.2, 0.25) is 0 Å². The molecule has 0 aliphatic heterocycles. The minimum absolute atomic E-state index is 0.0883. The van der Waals surface area contributed by atoms with E-state index in [1.807, 2.05) is 0 Å². The maximum Gasteiger partial charge on any atom is 0.460 e. The molecule has 42 heavy (non-hydrogen) atoms. The molecule has 0 aliphatic rings. The van der Waals surface area contributed by atoms with Crippen LogP contribution < -0.4 is 10.3 Å². The van der Waals surface area contributed by atoms with Gasteiger partial charge in [-0.1, -0.05) is 0 Å². The molecule has 0 saturated carbocycles. The van der Waals surface area contributed by atoms with Gasteiger partial charge in [0.25, 0.3) is 10.0 Å². The second-order valence-electron chi connectivity index (χ2n) is 7.78. The highest BCUT2D eigenvalue weighted by Crippen LogP contribution is 2.64. The van der Waals surface area contributed by atoms with E-state index in [0.29, 0.717) is 0 Å². The molecule has 5 nitrogen and oxygen atoms in total. The second kappa shape index (κ2) is 10.1. The highest BCUT2D eigenvalue weighted by molar-refractivity contribution is 7.90. The predicted octanol–water partition coefficient (Wildman–Crippen LogP) is 5.76. The van der Waals surface area contributed by atoms with Crippen LogP contribution in [-0.4, -0.2) is 92.4 Å². The van der Waals surface area contributed by atoms with Gasteiger partial charge in [-0.15, -0.1) is 4.83 Å². The number of halogens is 23. The Balaban J connectivity index is 6.85. The summed E-state index contributed by atoms with van der Waals surface area (Å²) in [5.74, 6) is -61.0. The topological polar surface area (TPSA) is 61.4 Å². The van der Waals surface area contributed by atoms with Crippen LogP contribution in [0.4, 0.5) is 101 Å². The molecular weight excluding hydrogens is 699 g/mol. The van der Waals surface area contributed by atoms with Crippen molar-refractivity contribution in [3.8, 4) is 0 Å². The molecule has 0 spiro atoms. The van der Waals surface area contributed by atoms with Crippen molar-refractivity contribution in [2.75, 3.05) is 14.1 Å². The molecular formula is C13H8F23N3O2S. The summed E-state index contributed by atoms with van der Waals surface area (Å²) in [4.78, 5) is -2.14. The maximum absolute atomic E-state index is 13.7. The van der Waals surface area contributed by atoms with Gasteiger partial charge in [0.1, 0.15) is 0 Å². The number of sulfonamides is 1. The summed E-state index contributed by atoms with van der Waals surface area (Å²) >= 11 is 0. The van der Waals surface area contributed by atoms with E-state index in [2.05, 4.69) is 0 Å². The van der Waals surface area contributed by atoms with Gasteiger partial charge in [0, 0.05) is 0 Å². The lowest BCUT2D eigenvalue weighted by atomic mass is 9.91. The van der Waals surface area contributed by atoms with Crippen molar-refractivity contribution in [1.29, 1.82) is 0 Å². The van der Waals surface area contributed by atoms with Crippen molar-refractivity contribution in [2.24, 2.45) is 0 Å². The monoisotopic (exact) mass is 707 g/mol. The molecule has 0 saturated heterocycles. The third-order valence-electron chi connectivity index (χ3n) is 4.71. The van der Waals surface area contributed by atoms with Gasteiger partial charge in [0.2, 0.25) is 0 Å². The highest BCUT2D eigenvalue weighted by Gasteiger charge is 2.96. The molecule has 254 valence electrons. The average molecular weight is 707 g/mol. The van der Waals surface area contributed by atoms with Gasteiger partial charge >= 0.3 is 65.0 Å². The van der Waals surface area contributed by atoms with Crippen LogP contribution in [-0.2, 0) is 10.0 Å². The number of nitrogens with zero attached hydrogens (tertiary/aromatic N) is 1. The maximum atomic E-state index is 13.7. The molecule has 2 N–H and O–H groups in total. The quantitative estimate of drug-likeness (QED) is 0.145. The number of nitrogens with one attached hydrogen (secondary N) is 2. The predicted molar refractivity (Wildman–Crippen MR) is 84.4 cm³/mol. The van der Waals surface area contributed by atoms with Gasteiger partial charge in [0.15, 0.2) is 0 Å². The van der Waals surface area contributed by atoms with Gasteiger partial charge in [-0.3, -0.25) is 0 Å². The van der Waals surface area contributed by atoms with Crippen LogP contribution >= 0.6 is 0 Å². The van der Waals surface area contributed by atoms with Gasteiger partial charge in [-0.05, 0) is 14.1 Å². The standard InChI is InChI=1S/C13H8F23N3O2S/c1-39(2)12(33,34)9(26,27)11(31,32)37-38-42(40,41)13(35,36)8(24,25)6(20,21)4(16,17)3(14,15)5(18,19)7(22,23)10(28,29)30/h37-38H,1-2H3. The molecule has 0 rings (SSSR count). The van der Waals surface area contributed by atoms with E-state index in [0.717, 1.165) is 0 Å². The Labute approximate surface area is 215 Å². The Morgan fingerprint density at radius 2 is 0.738 bits per heavy atom. The zero-order chi connectivity index (χ0) is 35.0. The van der Waals surface area contributed by atoms with E-state index in [4.69, 9.17) is 0 Å². The molecule has 0 amide bonds. The van der Waals surface area contributed by atoms with Crippen molar-refractivity contribution in [3.05, 3.63) is 0 Å². The molecule has 0 atom stereocenters. The van der Waals surface area contributed by atoms with Crippen LogP contribution in [0.5, 0.6) is 0 Å². The van der Waals surface area contributed by atoms with Crippen LogP contribution in [0.25, 0.3) is 0 Å². The third-order valence-corrected chi connectivity index (χ3v) is 6.01. The summed E-state index contributed by atoms with van der Waals surface area (Å²) in [5.41, 5.74) is -1.01. The minimum atomic E-state index is -9.25. The Morgan fingerprint density at radius 3 is 1.02 bits per heavy atom. The summed E-state index contributed by atoms with van der Waals surface area (Å²) < 4.78 is 326. The molecule has 0 aromatic heterocycles. The fraction of sp³-hybridized carbons (Fsp3) is 1.00. The SMILES string of the molecule is CN(C)C(F)(F)C(F)(F)C(F)(F)NNS(=O)(=O)C(F)(F)C(F)(F)C(F)(F)C(F)(F)C(F)(F)C(F)(F)C(F)(F)C(F)(F)F. The summed E-state index contributed by atoms with van der Waals surface area (Å²) in [6, 6.07) is -13.1. The van der Waals surface area contributed by atoms with Gasteiger partial charge in [-0.25, -0.2) is 13.3 Å². The van der Waals surface area contributed by atoms with Crippen molar-refractivity contribution >= 4 is 10.0 Å². The summed E-state index contributed by atoms with van der Waals surface area (Å²) in [6.07, 6.45) is -8.08. The summed E-state index contributed by atoms with van der Waals surface area (Å²) in [7, 11) is -8.72. The van der Waals surface area contributed by atoms with Crippen LogP contribution in [0.3, 0.4) is 0 Å². The molecule has 0 radical (unpaired) electrons. The van der Waals surface area contributed by atoms with Crippen molar-refractivity contribution in [2.45, 2.75) is 65.0 Å². The van der Waals surface area contributed by atoms with E-state index in [-0.39, 0.29) is 14.1 Å². The molecule has 0 aromatic carbocycles. The number of hydrogen-bond acceptors (Lipinski definition) is 4. The zero-order valence-electron chi connectivity index (χ0n) is 18.9. The van der Waals surface area contributed by atoms with Crippen molar-refractivity contribution < 1.29 is 109 Å². The lowest BCUT2D eigenvalue weighted by Gasteiger charge is -2.42. The average Bonchev–Trinajstić information content (AvgIpc) is 2.75. The Morgan fingerprint density at radius 1 is 0.452 bits per heavy atom. The fourth-order valence-electron chi connectivity index (χ4n) is 2.06. The lowest BCUT2D eigenvalue weighted by molar-refractivity contribution is -0.458. The van der Waals surface area contributed by atoms with Crippen molar-refractivity contribution in [1.82, 2.24) is 15.2 Å². The first kappa shape index (κ1) is 40.2. The minimum Gasteiger partial charge on any atom is -0.245 e. The first-order valence-corrected chi connectivity index (χ1v) is 10.4. The molecule has 29 heteroatoms. The zero-order valence-corrected chi connectivity index (χ0v) is 19.7. The Kier molecular flexibility index (Phi) is 9.70. The van der Waals surface area contributed by atoms with Crippen molar-refractivity contribution in [3.63, 3.8) is 0 Å². The smallest absolute Gasteiger partial charge is 0.245 e. The van der Waals surface area contributed by atoms with Gasteiger partial charge < -0.3 is 0 Å². The first-order chi connectivity index (χ1) is 17.7. The van der Waals surface area contributed by atoms with Gasteiger partial charge in [-0.2, -0.15) is 106 Å². The van der Waals surface area contributed by atoms with E-state index in [9.17, 15) is 109 Å². The van der Waals surface area contributed by atoms with Crippen LogP contribution in [0.1, 0.15) is 0 Å². The third kappa shape index (κ3) is 5.17. The number of hydrazine groups is 1. The summed E-state index contributed by atoms with van der Waals surface area (Å²) in [5, 5.41) is -8.42. The molecule has 0 aromatic rings. The molecule has 0 fully saturated rings. The second-order valence-corrected chi connectivity index (χ2v) is 9.50. The van der Waals surface area contributed by atoms with E-state index >= 15 is 0 Å². The van der Waals surface area contributed by atoms with Crippen LogP contribution in [0.15, 0.2) is 0 Å². The molecule has 0 unspecified atom stereocenters. The number of hydrogen-bond donors (Lipinski definition) is 2. The first-order valence-electron chi connectivity index (χ1n) is 8.96.